The zero-order chi connectivity index (χ0) is 16.9. The van der Waals surface area contributed by atoms with Gasteiger partial charge in [0.1, 0.15) is 5.82 Å². The highest BCUT2D eigenvalue weighted by atomic mass is 32.1. The lowest BCUT2D eigenvalue weighted by Gasteiger charge is -2.09. The highest BCUT2D eigenvalue weighted by molar-refractivity contribution is 7.18. The smallest absolute Gasteiger partial charge is 0.188 e. The number of pyridine rings is 1. The van der Waals surface area contributed by atoms with E-state index in [1.165, 1.54) is 36.9 Å². The summed E-state index contributed by atoms with van der Waals surface area (Å²) in [5.74, 6) is 0.844. The van der Waals surface area contributed by atoms with E-state index in [1.54, 1.807) is 11.3 Å². The third-order valence-corrected chi connectivity index (χ3v) is 5.53. The second-order valence-corrected chi connectivity index (χ2v) is 7.43. The number of hydrogen-bond acceptors (Lipinski definition) is 5. The van der Waals surface area contributed by atoms with Crippen molar-refractivity contribution < 1.29 is 0 Å². The van der Waals surface area contributed by atoms with Gasteiger partial charge in [-0.2, -0.15) is 0 Å². The third-order valence-electron chi connectivity index (χ3n) is 4.57. The maximum absolute atomic E-state index is 4.54. The lowest BCUT2D eigenvalue weighted by Crippen LogP contribution is -2.21. The van der Waals surface area contributed by atoms with Crippen molar-refractivity contribution in [1.82, 2.24) is 15.3 Å². The standard InChI is InChI=1S/C20H22N4S/c1-2-5-16(6-3-1)18-14-23-20(25-18)24-19-11-9-15(13-22-19)8-10-17-7-4-12-21-17/h1-3,5-6,9,11,13-14,17,21H,4,7-8,10,12H2,(H,22,23,24)/t17-/m1/s1. The Morgan fingerprint density at radius 1 is 1.08 bits per heavy atom. The van der Waals surface area contributed by atoms with Gasteiger partial charge in [-0.25, -0.2) is 9.97 Å². The minimum atomic E-state index is 0.685. The van der Waals surface area contributed by atoms with Crippen LogP contribution in [-0.4, -0.2) is 22.6 Å². The van der Waals surface area contributed by atoms with E-state index in [0.29, 0.717) is 6.04 Å². The van der Waals surface area contributed by atoms with Gasteiger partial charge in [-0.3, -0.25) is 0 Å². The van der Waals surface area contributed by atoms with Gasteiger partial charge in [-0.15, -0.1) is 0 Å². The van der Waals surface area contributed by atoms with Gasteiger partial charge in [-0.05, 0) is 49.4 Å². The molecule has 0 aliphatic carbocycles. The van der Waals surface area contributed by atoms with Crippen molar-refractivity contribution in [3.8, 4) is 10.4 Å². The maximum Gasteiger partial charge on any atom is 0.188 e. The van der Waals surface area contributed by atoms with Crippen LogP contribution in [0.5, 0.6) is 0 Å². The molecule has 1 aliphatic heterocycles. The van der Waals surface area contributed by atoms with Crippen LogP contribution in [0, 0.1) is 0 Å². The second-order valence-electron chi connectivity index (χ2n) is 6.40. The third kappa shape index (κ3) is 4.24. The van der Waals surface area contributed by atoms with Gasteiger partial charge < -0.3 is 10.6 Å². The van der Waals surface area contributed by atoms with E-state index in [-0.39, 0.29) is 0 Å². The summed E-state index contributed by atoms with van der Waals surface area (Å²) < 4.78 is 0. The van der Waals surface area contributed by atoms with Gasteiger partial charge in [0, 0.05) is 18.4 Å². The molecule has 0 radical (unpaired) electrons. The van der Waals surface area contributed by atoms with Gasteiger partial charge in [0.2, 0.25) is 0 Å². The minimum Gasteiger partial charge on any atom is -0.316 e. The number of rotatable bonds is 6. The number of benzene rings is 1. The van der Waals surface area contributed by atoms with E-state index in [1.807, 2.05) is 36.7 Å². The molecular weight excluding hydrogens is 328 g/mol. The molecular formula is C20H22N4S. The van der Waals surface area contributed by atoms with Gasteiger partial charge in [0.05, 0.1) is 4.88 Å². The fourth-order valence-electron chi connectivity index (χ4n) is 3.17. The Morgan fingerprint density at radius 3 is 2.76 bits per heavy atom. The predicted molar refractivity (Wildman–Crippen MR) is 104 cm³/mol. The number of nitrogens with one attached hydrogen (secondary N) is 2. The highest BCUT2D eigenvalue weighted by Crippen LogP contribution is 2.30. The van der Waals surface area contributed by atoms with Crippen molar-refractivity contribution in [1.29, 1.82) is 0 Å². The highest BCUT2D eigenvalue weighted by Gasteiger charge is 2.13. The maximum atomic E-state index is 4.54. The number of aryl methyl sites for hydroxylation is 1. The van der Waals surface area contributed by atoms with Crippen LogP contribution in [0.15, 0.2) is 54.9 Å². The molecule has 0 amide bonds. The topological polar surface area (TPSA) is 49.8 Å². The number of anilines is 2. The SMILES string of the molecule is c1ccc(-c2cnc(Nc3ccc(CC[C@H]4CCCN4)cn3)s2)cc1. The first-order chi connectivity index (χ1) is 12.4. The summed E-state index contributed by atoms with van der Waals surface area (Å²) in [5.41, 5.74) is 2.49. The largest absolute Gasteiger partial charge is 0.316 e. The van der Waals surface area contributed by atoms with Crippen LogP contribution in [0.1, 0.15) is 24.8 Å². The molecule has 0 unspecified atom stereocenters. The molecule has 3 aromatic rings. The summed E-state index contributed by atoms with van der Waals surface area (Å²) in [6.07, 6.45) is 8.78. The first-order valence-electron chi connectivity index (χ1n) is 8.83. The summed E-state index contributed by atoms with van der Waals surface area (Å²) in [5, 5.41) is 7.72. The zero-order valence-corrected chi connectivity index (χ0v) is 14.9. The fourth-order valence-corrected chi connectivity index (χ4v) is 4.00. The average Bonchev–Trinajstić information content (AvgIpc) is 3.34. The molecule has 4 rings (SSSR count). The molecule has 0 spiro atoms. The molecule has 1 aliphatic rings. The van der Waals surface area contributed by atoms with E-state index >= 15 is 0 Å². The van der Waals surface area contributed by atoms with Gasteiger partial charge >= 0.3 is 0 Å². The van der Waals surface area contributed by atoms with Crippen molar-refractivity contribution in [2.45, 2.75) is 31.7 Å². The molecule has 1 saturated heterocycles. The predicted octanol–water partition coefficient (Wildman–Crippen LogP) is 4.63. The summed E-state index contributed by atoms with van der Waals surface area (Å²) in [6.45, 7) is 1.17. The Morgan fingerprint density at radius 2 is 2.00 bits per heavy atom. The van der Waals surface area contributed by atoms with E-state index in [0.717, 1.165) is 22.2 Å². The number of thiazole rings is 1. The number of nitrogens with zero attached hydrogens (tertiary/aromatic N) is 2. The normalized spacial score (nSPS) is 16.9. The summed E-state index contributed by atoms with van der Waals surface area (Å²) in [4.78, 5) is 10.2. The van der Waals surface area contributed by atoms with E-state index in [9.17, 15) is 0 Å². The molecule has 5 heteroatoms. The van der Waals surface area contributed by atoms with Crippen LogP contribution < -0.4 is 10.6 Å². The number of aromatic nitrogens is 2. The molecule has 2 aromatic heterocycles. The molecule has 2 N–H and O–H groups in total. The first kappa shape index (κ1) is 16.2. The molecule has 1 atom stereocenters. The Kier molecular flexibility index (Phi) is 5.04. The van der Waals surface area contributed by atoms with Crippen LogP contribution in [0.4, 0.5) is 10.9 Å². The lowest BCUT2D eigenvalue weighted by molar-refractivity contribution is 0.559. The van der Waals surface area contributed by atoms with E-state index in [4.69, 9.17) is 0 Å². The van der Waals surface area contributed by atoms with Crippen LogP contribution in [0.2, 0.25) is 0 Å². The first-order valence-corrected chi connectivity index (χ1v) is 9.65. The Balaban J connectivity index is 1.35. The Hall–Kier alpha value is -2.24. The molecule has 1 fully saturated rings. The van der Waals surface area contributed by atoms with Gasteiger partial charge in [0.25, 0.3) is 0 Å². The van der Waals surface area contributed by atoms with Crippen molar-refractivity contribution in [2.75, 3.05) is 11.9 Å². The van der Waals surface area contributed by atoms with Crippen LogP contribution in [-0.2, 0) is 6.42 Å². The second kappa shape index (κ2) is 7.76. The summed E-state index contributed by atoms with van der Waals surface area (Å²) in [6, 6.07) is 15.2. The lowest BCUT2D eigenvalue weighted by atomic mass is 10.1. The molecule has 3 heterocycles. The molecule has 25 heavy (non-hydrogen) atoms. The number of hydrogen-bond donors (Lipinski definition) is 2. The van der Waals surface area contributed by atoms with Gasteiger partial charge in [-0.1, -0.05) is 47.7 Å². The fraction of sp³-hybridized carbons (Fsp3) is 0.300. The minimum absolute atomic E-state index is 0.685. The average molecular weight is 350 g/mol. The van der Waals surface area contributed by atoms with Crippen LogP contribution >= 0.6 is 11.3 Å². The molecule has 1 aromatic carbocycles. The Bertz CT molecular complexity index is 792. The monoisotopic (exact) mass is 350 g/mol. The zero-order valence-electron chi connectivity index (χ0n) is 14.1. The van der Waals surface area contributed by atoms with Crippen molar-refractivity contribution >= 4 is 22.3 Å². The molecule has 0 saturated carbocycles. The summed E-state index contributed by atoms with van der Waals surface area (Å²) in [7, 11) is 0. The van der Waals surface area contributed by atoms with Crippen LogP contribution in [0.3, 0.4) is 0 Å². The van der Waals surface area contributed by atoms with E-state index < -0.39 is 0 Å². The van der Waals surface area contributed by atoms with Crippen molar-refractivity contribution in [2.24, 2.45) is 0 Å². The van der Waals surface area contributed by atoms with Crippen molar-refractivity contribution in [3.05, 3.63) is 60.4 Å². The van der Waals surface area contributed by atoms with Crippen molar-refractivity contribution in [3.63, 3.8) is 0 Å². The Labute approximate surface area is 152 Å². The van der Waals surface area contributed by atoms with E-state index in [2.05, 4.69) is 38.8 Å². The quantitative estimate of drug-likeness (QED) is 0.680. The van der Waals surface area contributed by atoms with Crippen LogP contribution in [0.25, 0.3) is 10.4 Å². The van der Waals surface area contributed by atoms with Gasteiger partial charge in [0.15, 0.2) is 5.13 Å². The molecule has 128 valence electrons. The molecule has 4 nitrogen and oxygen atoms in total. The molecule has 0 bridgehead atoms. The summed E-state index contributed by atoms with van der Waals surface area (Å²) >= 11 is 1.64.